The molecular weight excluding hydrogens is 338 g/mol. The number of nitrogens with zero attached hydrogens (tertiary/aromatic N) is 1. The molecule has 0 spiro atoms. The zero-order valence-electron chi connectivity index (χ0n) is 17.7. The Morgan fingerprint density at radius 3 is 2.65 bits per heavy atom. The van der Waals surface area contributed by atoms with Crippen LogP contribution in [0.1, 0.15) is 85.1 Å². The minimum atomic E-state index is -0.300. The number of thioether (sulfide) groups is 1. The third kappa shape index (κ3) is 5.66. The van der Waals surface area contributed by atoms with E-state index in [9.17, 15) is 5.11 Å². The number of para-hydroxylation sites is 1. The third-order valence-corrected chi connectivity index (χ3v) is 7.27. The SMILES string of the molecule is CCCCCC(C)(C)SCC(O)CN1c2ccccc2C(C)CC1(C)C. The number of benzene rings is 1. The zero-order chi connectivity index (χ0) is 19.4. The van der Waals surface area contributed by atoms with Gasteiger partial charge < -0.3 is 10.0 Å². The normalized spacial score (nSPS) is 20.7. The lowest BCUT2D eigenvalue weighted by Gasteiger charge is -2.48. The summed E-state index contributed by atoms with van der Waals surface area (Å²) in [4.78, 5) is 2.44. The smallest absolute Gasteiger partial charge is 0.0805 e. The molecule has 1 N–H and O–H groups in total. The molecule has 1 aromatic rings. The van der Waals surface area contributed by atoms with Gasteiger partial charge in [0.1, 0.15) is 0 Å². The van der Waals surface area contributed by atoms with Gasteiger partial charge in [-0.2, -0.15) is 11.8 Å². The van der Waals surface area contributed by atoms with Crippen molar-refractivity contribution < 1.29 is 5.11 Å². The molecule has 0 saturated carbocycles. The molecule has 0 bridgehead atoms. The number of β-amino-alcohol motifs (C(OH)–C–C–N with tert-alkyl or cyclic N) is 1. The van der Waals surface area contributed by atoms with Crippen LogP contribution in [0.5, 0.6) is 0 Å². The largest absolute Gasteiger partial charge is 0.390 e. The first-order valence-electron chi connectivity index (χ1n) is 10.3. The molecule has 26 heavy (non-hydrogen) atoms. The van der Waals surface area contributed by atoms with Gasteiger partial charge in [0.05, 0.1) is 6.10 Å². The number of rotatable bonds is 9. The van der Waals surface area contributed by atoms with Crippen molar-refractivity contribution in [2.75, 3.05) is 17.2 Å². The summed E-state index contributed by atoms with van der Waals surface area (Å²) < 4.78 is 0.250. The predicted octanol–water partition coefficient (Wildman–Crippen LogP) is 6.23. The lowest BCUT2D eigenvalue weighted by molar-refractivity contribution is 0.191. The Morgan fingerprint density at radius 2 is 1.96 bits per heavy atom. The number of aliphatic hydroxyl groups is 1. The van der Waals surface area contributed by atoms with Crippen molar-refractivity contribution in [1.82, 2.24) is 0 Å². The number of anilines is 1. The van der Waals surface area contributed by atoms with Crippen LogP contribution in [0, 0.1) is 0 Å². The standard InChI is InChI=1S/C23H39NOS/c1-7-8-11-14-23(5,6)26-17-19(25)16-24-21-13-10-9-12-20(21)18(2)15-22(24,3)4/h9-10,12-13,18-19,25H,7-8,11,14-17H2,1-6H3. The van der Waals surface area contributed by atoms with Crippen LogP contribution in [-0.4, -0.2) is 33.8 Å². The highest BCUT2D eigenvalue weighted by Gasteiger charge is 2.37. The quantitative estimate of drug-likeness (QED) is 0.516. The van der Waals surface area contributed by atoms with Gasteiger partial charge in [0.25, 0.3) is 0 Å². The van der Waals surface area contributed by atoms with E-state index >= 15 is 0 Å². The molecule has 2 rings (SSSR count). The van der Waals surface area contributed by atoms with Crippen LogP contribution in [0.3, 0.4) is 0 Å². The van der Waals surface area contributed by atoms with Crippen LogP contribution >= 0.6 is 11.8 Å². The van der Waals surface area contributed by atoms with Crippen LogP contribution in [0.2, 0.25) is 0 Å². The number of hydrogen-bond acceptors (Lipinski definition) is 3. The van der Waals surface area contributed by atoms with E-state index in [-0.39, 0.29) is 16.4 Å². The predicted molar refractivity (Wildman–Crippen MR) is 118 cm³/mol. The Labute approximate surface area is 165 Å². The summed E-state index contributed by atoms with van der Waals surface area (Å²) in [6, 6.07) is 8.73. The molecule has 2 atom stereocenters. The lowest BCUT2D eigenvalue weighted by atomic mass is 9.80. The highest BCUT2D eigenvalue weighted by atomic mass is 32.2. The maximum atomic E-state index is 10.8. The summed E-state index contributed by atoms with van der Waals surface area (Å²) in [5.74, 6) is 1.38. The van der Waals surface area contributed by atoms with E-state index in [0.29, 0.717) is 5.92 Å². The van der Waals surface area contributed by atoms with Gasteiger partial charge in [-0.15, -0.1) is 0 Å². The second-order valence-electron chi connectivity index (χ2n) is 9.27. The van der Waals surface area contributed by atoms with Crippen molar-refractivity contribution in [1.29, 1.82) is 0 Å². The zero-order valence-corrected chi connectivity index (χ0v) is 18.5. The fourth-order valence-electron chi connectivity index (χ4n) is 4.25. The molecule has 2 nitrogen and oxygen atoms in total. The van der Waals surface area contributed by atoms with E-state index in [0.717, 1.165) is 18.7 Å². The molecule has 1 aliphatic rings. The van der Waals surface area contributed by atoms with Gasteiger partial charge in [-0.25, -0.2) is 0 Å². The minimum Gasteiger partial charge on any atom is -0.390 e. The van der Waals surface area contributed by atoms with E-state index in [1.165, 1.54) is 36.9 Å². The molecule has 0 saturated heterocycles. The number of aliphatic hydroxyl groups excluding tert-OH is 1. The highest BCUT2D eigenvalue weighted by Crippen LogP contribution is 2.43. The summed E-state index contributed by atoms with van der Waals surface area (Å²) in [5, 5.41) is 10.8. The summed E-state index contributed by atoms with van der Waals surface area (Å²) in [7, 11) is 0. The highest BCUT2D eigenvalue weighted by molar-refractivity contribution is 8.00. The molecule has 148 valence electrons. The van der Waals surface area contributed by atoms with E-state index < -0.39 is 0 Å². The Morgan fingerprint density at radius 1 is 1.27 bits per heavy atom. The molecule has 0 aromatic heterocycles. The van der Waals surface area contributed by atoms with Gasteiger partial charge in [-0.05, 0) is 44.2 Å². The number of fused-ring (bicyclic) bond motifs is 1. The van der Waals surface area contributed by atoms with Crippen LogP contribution in [0.25, 0.3) is 0 Å². The summed E-state index contributed by atoms with van der Waals surface area (Å²) in [6.45, 7) is 14.6. The van der Waals surface area contributed by atoms with E-state index in [4.69, 9.17) is 0 Å². The molecule has 0 radical (unpaired) electrons. The van der Waals surface area contributed by atoms with Gasteiger partial charge in [-0.1, -0.05) is 65.2 Å². The number of unbranched alkanes of at least 4 members (excludes halogenated alkanes) is 2. The minimum absolute atomic E-state index is 0.0794. The summed E-state index contributed by atoms with van der Waals surface area (Å²) in [6.07, 6.45) is 5.93. The van der Waals surface area contributed by atoms with Crippen molar-refractivity contribution >= 4 is 17.4 Å². The van der Waals surface area contributed by atoms with E-state index in [2.05, 4.69) is 70.7 Å². The molecule has 0 fully saturated rings. The monoisotopic (exact) mass is 377 g/mol. The van der Waals surface area contributed by atoms with Crippen molar-refractivity contribution in [3.8, 4) is 0 Å². The molecule has 3 heteroatoms. The second-order valence-corrected chi connectivity index (χ2v) is 11.0. The van der Waals surface area contributed by atoms with Gasteiger partial charge in [-0.3, -0.25) is 0 Å². The molecule has 1 heterocycles. The van der Waals surface area contributed by atoms with Gasteiger partial charge in [0.15, 0.2) is 0 Å². The van der Waals surface area contributed by atoms with Gasteiger partial charge in [0, 0.05) is 28.3 Å². The van der Waals surface area contributed by atoms with E-state index in [1.54, 1.807) is 0 Å². The Hall–Kier alpha value is -0.670. The van der Waals surface area contributed by atoms with E-state index in [1.807, 2.05) is 11.8 Å². The molecule has 1 aliphatic heterocycles. The van der Waals surface area contributed by atoms with Crippen molar-refractivity contribution in [2.24, 2.45) is 0 Å². The first kappa shape index (κ1) is 21.6. The second kappa shape index (κ2) is 9.01. The number of hydrogen-bond donors (Lipinski definition) is 1. The molecule has 1 aromatic carbocycles. The Kier molecular flexibility index (Phi) is 7.50. The molecule has 2 unspecified atom stereocenters. The van der Waals surface area contributed by atoms with Crippen molar-refractivity contribution in [3.63, 3.8) is 0 Å². The maximum Gasteiger partial charge on any atom is 0.0805 e. The topological polar surface area (TPSA) is 23.5 Å². The van der Waals surface area contributed by atoms with Crippen molar-refractivity contribution in [3.05, 3.63) is 29.8 Å². The first-order valence-corrected chi connectivity index (χ1v) is 11.3. The Bertz CT molecular complexity index is 569. The fraction of sp³-hybridized carbons (Fsp3) is 0.739. The van der Waals surface area contributed by atoms with Crippen LogP contribution < -0.4 is 4.90 Å². The molecule has 0 amide bonds. The molecular formula is C23H39NOS. The van der Waals surface area contributed by atoms with Gasteiger partial charge in [0.2, 0.25) is 0 Å². The average molecular weight is 378 g/mol. The summed E-state index contributed by atoms with van der Waals surface area (Å²) in [5.41, 5.74) is 2.81. The van der Waals surface area contributed by atoms with Crippen molar-refractivity contribution in [2.45, 2.75) is 96.0 Å². The van der Waals surface area contributed by atoms with Crippen LogP contribution in [0.15, 0.2) is 24.3 Å². The summed E-state index contributed by atoms with van der Waals surface area (Å²) >= 11 is 1.93. The van der Waals surface area contributed by atoms with Crippen LogP contribution in [0.4, 0.5) is 5.69 Å². The fourth-order valence-corrected chi connectivity index (χ4v) is 5.29. The average Bonchev–Trinajstić information content (AvgIpc) is 2.57. The third-order valence-electron chi connectivity index (χ3n) is 5.74. The lowest BCUT2D eigenvalue weighted by Crippen LogP contribution is -2.51. The van der Waals surface area contributed by atoms with Gasteiger partial charge >= 0.3 is 0 Å². The molecule has 0 aliphatic carbocycles. The first-order chi connectivity index (χ1) is 12.2. The Balaban J connectivity index is 1.99. The van der Waals surface area contributed by atoms with Crippen LogP contribution in [-0.2, 0) is 0 Å². The maximum absolute atomic E-state index is 10.8.